The fourth-order valence-electron chi connectivity index (χ4n) is 2.13. The third-order valence-electron chi connectivity index (χ3n) is 3.28. The summed E-state index contributed by atoms with van der Waals surface area (Å²) in [5, 5.41) is 3.37. The van der Waals surface area contributed by atoms with Crippen LogP contribution in [0.1, 0.15) is 18.7 Å². The van der Waals surface area contributed by atoms with Crippen LogP contribution in [0.2, 0.25) is 5.02 Å². The number of halogens is 1. The number of fused-ring (bicyclic) bond motifs is 1. The number of amides is 3. The molecule has 1 heterocycles. The number of esters is 1. The molecule has 0 bridgehead atoms. The smallest absolute Gasteiger partial charge is 0.331 e. The summed E-state index contributed by atoms with van der Waals surface area (Å²) in [6.45, 7) is 3.37. The first-order chi connectivity index (χ1) is 11.8. The van der Waals surface area contributed by atoms with Crippen LogP contribution < -0.4 is 11.1 Å². The second kappa shape index (κ2) is 8.13. The Morgan fingerprint density at radius 1 is 1.28 bits per heavy atom. The number of urea groups is 1. The molecule has 8 heteroatoms. The number of rotatable bonds is 5. The highest BCUT2D eigenvalue weighted by molar-refractivity contribution is 7.20. The van der Waals surface area contributed by atoms with Crippen molar-refractivity contribution in [1.29, 1.82) is 0 Å². The van der Waals surface area contributed by atoms with Gasteiger partial charge in [-0.25, -0.2) is 9.59 Å². The van der Waals surface area contributed by atoms with Gasteiger partial charge in [0.15, 0.2) is 6.10 Å². The van der Waals surface area contributed by atoms with E-state index in [-0.39, 0.29) is 5.92 Å². The zero-order valence-corrected chi connectivity index (χ0v) is 15.2. The van der Waals surface area contributed by atoms with Gasteiger partial charge in [0.1, 0.15) is 0 Å². The highest BCUT2D eigenvalue weighted by Gasteiger charge is 2.26. The molecule has 0 spiro atoms. The lowest BCUT2D eigenvalue weighted by Crippen LogP contribution is -2.45. The average Bonchev–Trinajstić information content (AvgIpc) is 2.86. The molecule has 0 fully saturated rings. The van der Waals surface area contributed by atoms with Gasteiger partial charge in [-0.15, -0.1) is 11.3 Å². The summed E-state index contributed by atoms with van der Waals surface area (Å²) in [6, 6.07) is 6.62. The van der Waals surface area contributed by atoms with E-state index >= 15 is 0 Å². The van der Waals surface area contributed by atoms with Crippen molar-refractivity contribution < 1.29 is 19.1 Å². The fourth-order valence-corrected chi connectivity index (χ4v) is 3.53. The molecular weight excluding hydrogens is 364 g/mol. The van der Waals surface area contributed by atoms with Crippen LogP contribution in [0, 0.1) is 5.92 Å². The molecule has 3 N–H and O–H groups in total. The van der Waals surface area contributed by atoms with Gasteiger partial charge in [0.05, 0.1) is 5.02 Å². The Morgan fingerprint density at radius 2 is 1.96 bits per heavy atom. The van der Waals surface area contributed by atoms with E-state index < -0.39 is 24.0 Å². The van der Waals surface area contributed by atoms with E-state index in [1.54, 1.807) is 19.9 Å². The van der Waals surface area contributed by atoms with E-state index in [4.69, 9.17) is 22.1 Å². The molecule has 3 amide bonds. The van der Waals surface area contributed by atoms with Gasteiger partial charge in [0.2, 0.25) is 0 Å². The number of carbonyl (C=O) groups excluding carboxylic acids is 3. The number of hydrogen-bond donors (Lipinski definition) is 2. The third kappa shape index (κ3) is 4.80. The highest BCUT2D eigenvalue weighted by Crippen LogP contribution is 2.35. The second-order valence-electron chi connectivity index (χ2n) is 5.56. The van der Waals surface area contributed by atoms with Gasteiger partial charge in [-0.1, -0.05) is 43.6 Å². The zero-order valence-electron chi connectivity index (χ0n) is 13.6. The van der Waals surface area contributed by atoms with Crippen molar-refractivity contribution in [2.24, 2.45) is 11.7 Å². The normalized spacial score (nSPS) is 12.5. The predicted octanol–water partition coefficient (Wildman–Crippen LogP) is 3.33. The molecule has 1 aromatic heterocycles. The van der Waals surface area contributed by atoms with Crippen molar-refractivity contribution >= 4 is 57.0 Å². The number of carbonyl (C=O) groups is 3. The fraction of sp³-hybridized carbons (Fsp3) is 0.235. The molecule has 2 aromatic rings. The lowest BCUT2D eigenvalue weighted by molar-refractivity contribution is -0.153. The number of nitrogens with one attached hydrogen (secondary N) is 1. The molecule has 0 aliphatic rings. The van der Waals surface area contributed by atoms with Crippen molar-refractivity contribution in [3.8, 4) is 0 Å². The number of ether oxygens (including phenoxy) is 1. The first-order valence-electron chi connectivity index (χ1n) is 7.45. The molecule has 0 saturated carbocycles. The van der Waals surface area contributed by atoms with Crippen molar-refractivity contribution in [2.45, 2.75) is 20.0 Å². The molecule has 0 aliphatic carbocycles. The van der Waals surface area contributed by atoms with Gasteiger partial charge in [0.25, 0.3) is 5.91 Å². The Labute approximate surface area is 153 Å². The quantitative estimate of drug-likeness (QED) is 0.613. The van der Waals surface area contributed by atoms with Gasteiger partial charge in [-0.3, -0.25) is 10.1 Å². The van der Waals surface area contributed by atoms with Crippen LogP contribution in [0.3, 0.4) is 0 Å². The average molecular weight is 381 g/mol. The molecule has 1 aromatic carbocycles. The second-order valence-corrected chi connectivity index (χ2v) is 7.03. The molecule has 0 saturated heterocycles. The summed E-state index contributed by atoms with van der Waals surface area (Å²) in [6.07, 6.45) is 1.62. The Bertz CT molecular complexity index is 844. The first-order valence-corrected chi connectivity index (χ1v) is 8.65. The molecule has 132 valence electrons. The topological polar surface area (TPSA) is 98.5 Å². The Balaban J connectivity index is 2.11. The molecule has 0 aliphatic heterocycles. The van der Waals surface area contributed by atoms with Crippen LogP contribution in [0.15, 0.2) is 30.3 Å². The lowest BCUT2D eigenvalue weighted by atomic mass is 10.1. The van der Waals surface area contributed by atoms with Gasteiger partial charge in [-0.05, 0) is 18.1 Å². The Morgan fingerprint density at radius 3 is 2.56 bits per heavy atom. The van der Waals surface area contributed by atoms with Gasteiger partial charge in [-0.2, -0.15) is 0 Å². The van der Waals surface area contributed by atoms with Gasteiger partial charge < -0.3 is 10.5 Å². The van der Waals surface area contributed by atoms with E-state index in [1.807, 2.05) is 29.6 Å². The first kappa shape index (κ1) is 19.0. The van der Waals surface area contributed by atoms with Gasteiger partial charge >= 0.3 is 12.0 Å². The van der Waals surface area contributed by atoms with Crippen molar-refractivity contribution in [3.05, 3.63) is 40.2 Å². The SMILES string of the molecule is CC(C)C(OC(=O)/C=C/c1sc2ccccc2c1Cl)C(=O)NC(N)=O. The van der Waals surface area contributed by atoms with Crippen molar-refractivity contribution in [2.75, 3.05) is 0 Å². The maximum Gasteiger partial charge on any atom is 0.331 e. The largest absolute Gasteiger partial charge is 0.449 e. The number of primary amides is 1. The summed E-state index contributed by atoms with van der Waals surface area (Å²) >= 11 is 7.73. The van der Waals surface area contributed by atoms with Crippen molar-refractivity contribution in [3.63, 3.8) is 0 Å². The van der Waals surface area contributed by atoms with E-state index in [9.17, 15) is 14.4 Å². The zero-order chi connectivity index (χ0) is 18.6. The molecule has 1 unspecified atom stereocenters. The molecule has 0 radical (unpaired) electrons. The van der Waals surface area contributed by atoms with Crippen molar-refractivity contribution in [1.82, 2.24) is 5.32 Å². The minimum absolute atomic E-state index is 0.329. The van der Waals surface area contributed by atoms with E-state index in [1.165, 1.54) is 17.4 Å². The highest BCUT2D eigenvalue weighted by atomic mass is 35.5. The summed E-state index contributed by atoms with van der Waals surface area (Å²) < 4.78 is 6.13. The number of thiophene rings is 1. The van der Waals surface area contributed by atoms with Crippen LogP contribution in [-0.4, -0.2) is 24.0 Å². The lowest BCUT2D eigenvalue weighted by Gasteiger charge is -2.18. The molecule has 1 atom stereocenters. The molecule has 25 heavy (non-hydrogen) atoms. The minimum atomic E-state index is -1.12. The molecular formula is C17H17ClN2O4S. The maximum absolute atomic E-state index is 12.0. The van der Waals surface area contributed by atoms with Crippen LogP contribution >= 0.6 is 22.9 Å². The summed E-state index contributed by atoms with van der Waals surface area (Å²) in [7, 11) is 0. The predicted molar refractivity (Wildman–Crippen MR) is 98.3 cm³/mol. The van der Waals surface area contributed by atoms with Crippen LogP contribution in [0.4, 0.5) is 4.79 Å². The number of benzene rings is 1. The van der Waals surface area contributed by atoms with Crippen LogP contribution in [-0.2, 0) is 14.3 Å². The van der Waals surface area contributed by atoms with E-state index in [2.05, 4.69) is 0 Å². The maximum atomic E-state index is 12.0. The Hall–Kier alpha value is -2.38. The van der Waals surface area contributed by atoms with Crippen LogP contribution in [0.25, 0.3) is 16.2 Å². The van der Waals surface area contributed by atoms with E-state index in [0.29, 0.717) is 9.90 Å². The number of hydrogen-bond acceptors (Lipinski definition) is 5. The number of nitrogens with two attached hydrogens (primary N) is 1. The molecule has 6 nitrogen and oxygen atoms in total. The van der Waals surface area contributed by atoms with E-state index in [0.717, 1.165) is 10.1 Å². The Kier molecular flexibility index (Phi) is 6.17. The summed E-state index contributed by atoms with van der Waals surface area (Å²) in [5.74, 6) is -1.80. The standard InChI is InChI=1S/C17H17ClN2O4S/c1-9(2)15(16(22)20-17(19)23)24-13(21)8-7-12-14(18)10-5-3-4-6-11(10)25-12/h3-9,15H,1-2H3,(H3,19,20,22,23)/b8-7+. The third-order valence-corrected chi connectivity index (χ3v) is 4.94. The van der Waals surface area contributed by atoms with Crippen LogP contribution in [0.5, 0.6) is 0 Å². The monoisotopic (exact) mass is 380 g/mol. The minimum Gasteiger partial charge on any atom is -0.449 e. The number of imide groups is 1. The van der Waals surface area contributed by atoms with Gasteiger partial charge in [0, 0.05) is 21.0 Å². The summed E-state index contributed by atoms with van der Waals surface area (Å²) in [4.78, 5) is 35.3. The summed E-state index contributed by atoms with van der Waals surface area (Å²) in [5.41, 5.74) is 4.91. The molecule has 2 rings (SSSR count).